The zero-order valence-corrected chi connectivity index (χ0v) is 29.2. The van der Waals surface area contributed by atoms with Crippen LogP contribution >= 0.6 is 19.4 Å². The Morgan fingerprint density at radius 1 is 0.820 bits per heavy atom. The first-order chi connectivity index (χ1) is 24.0. The van der Waals surface area contributed by atoms with Crippen LogP contribution in [-0.2, 0) is 36.6 Å². The molecule has 11 nitrogen and oxygen atoms in total. The summed E-state index contributed by atoms with van der Waals surface area (Å²) >= 11 is 0.848. The second kappa shape index (κ2) is 17.0. The predicted octanol–water partition coefficient (Wildman–Crippen LogP) is 4.00. The first kappa shape index (κ1) is 36.8. The highest BCUT2D eigenvalue weighted by Crippen LogP contribution is 2.38. The fraction of sp³-hybridized carbons (Fsp3) is 0.297. The summed E-state index contributed by atoms with van der Waals surface area (Å²) in [5.41, 5.74) is 8.73. The minimum Gasteiger partial charge on any atom is -0.368 e. The third-order valence-electron chi connectivity index (χ3n) is 8.61. The molecule has 0 saturated carbocycles. The van der Waals surface area contributed by atoms with E-state index in [2.05, 4.69) is 10.6 Å². The second-order valence-corrected chi connectivity index (χ2v) is 15.5. The summed E-state index contributed by atoms with van der Waals surface area (Å²) in [4.78, 5) is 73.7. The van der Waals surface area contributed by atoms with E-state index in [4.69, 9.17) is 5.73 Å². The van der Waals surface area contributed by atoms with Crippen molar-refractivity contribution >= 4 is 53.8 Å². The first-order valence-electron chi connectivity index (χ1n) is 16.4. The molecule has 0 bridgehead atoms. The largest absolute Gasteiger partial charge is 0.368 e. The Bertz CT molecular complexity index is 1870. The fourth-order valence-corrected chi connectivity index (χ4v) is 7.94. The molecule has 13 heteroatoms. The van der Waals surface area contributed by atoms with Gasteiger partial charge in [0.05, 0.1) is 11.9 Å². The van der Waals surface area contributed by atoms with Crippen molar-refractivity contribution in [2.24, 2.45) is 5.73 Å². The van der Waals surface area contributed by atoms with Crippen LogP contribution in [0, 0.1) is 0 Å². The van der Waals surface area contributed by atoms with Crippen LogP contribution in [0.2, 0.25) is 0 Å². The number of benzene rings is 4. The SMILES string of the molecule is NC(=O)C(Cc1ccc2ccccc2c1)NC(=O)C1CCCCN1C(=O)C(CSCP(=O)(O)O)NC(=O)Cc1ccc(-c2ccccc2)cc1. The molecule has 3 unspecified atom stereocenters. The van der Waals surface area contributed by atoms with Gasteiger partial charge >= 0.3 is 7.60 Å². The summed E-state index contributed by atoms with van der Waals surface area (Å²) in [7, 11) is -4.38. The van der Waals surface area contributed by atoms with Gasteiger partial charge < -0.3 is 31.1 Å². The predicted molar refractivity (Wildman–Crippen MR) is 195 cm³/mol. The lowest BCUT2D eigenvalue weighted by Crippen LogP contribution is -2.60. The lowest BCUT2D eigenvalue weighted by molar-refractivity contribution is -0.145. The Balaban J connectivity index is 1.27. The lowest BCUT2D eigenvalue weighted by Gasteiger charge is -2.37. The van der Waals surface area contributed by atoms with Crippen molar-refractivity contribution in [1.82, 2.24) is 15.5 Å². The standard InChI is InChI=1S/C37H41N4O7PS/c38-35(43)31(21-26-15-18-28-10-4-5-11-30(28)20-26)40-36(44)33-12-6-7-19-41(33)37(45)32(23-50-24-49(46,47)48)39-34(42)22-25-13-16-29(17-14-25)27-8-2-1-3-9-27/h1-5,8-11,13-18,20,31-33H,6-7,12,19,21-24H2,(H2,38,43)(H,39,42)(H,40,44)(H2,46,47,48). The number of nitrogens with two attached hydrogens (primary N) is 1. The summed E-state index contributed by atoms with van der Waals surface area (Å²) in [6, 6.07) is 27.7. The lowest BCUT2D eigenvalue weighted by atomic mass is 9.98. The van der Waals surface area contributed by atoms with Gasteiger partial charge in [0, 0.05) is 18.7 Å². The summed E-state index contributed by atoms with van der Waals surface area (Å²) < 4.78 is 11.6. The van der Waals surface area contributed by atoms with Gasteiger partial charge in [0.25, 0.3) is 0 Å². The van der Waals surface area contributed by atoms with Gasteiger partial charge in [0.1, 0.15) is 18.1 Å². The van der Waals surface area contributed by atoms with Crippen molar-refractivity contribution in [1.29, 1.82) is 0 Å². The number of nitrogens with zero attached hydrogens (tertiary/aromatic N) is 1. The number of rotatable bonds is 14. The van der Waals surface area contributed by atoms with E-state index >= 15 is 0 Å². The molecule has 5 rings (SSSR count). The van der Waals surface area contributed by atoms with E-state index in [0.29, 0.717) is 19.3 Å². The maximum atomic E-state index is 14.0. The van der Waals surface area contributed by atoms with Gasteiger partial charge in [-0.05, 0) is 52.3 Å². The highest BCUT2D eigenvalue weighted by atomic mass is 32.2. The van der Waals surface area contributed by atoms with Gasteiger partial charge in [-0.2, -0.15) is 0 Å². The molecule has 4 amide bonds. The van der Waals surface area contributed by atoms with Crippen molar-refractivity contribution in [3.63, 3.8) is 0 Å². The molecule has 262 valence electrons. The number of piperidine rings is 1. The average Bonchev–Trinajstić information content (AvgIpc) is 3.10. The number of carbonyl (C=O) groups is 4. The van der Waals surface area contributed by atoms with E-state index in [1.807, 2.05) is 97.1 Å². The molecule has 3 atom stereocenters. The normalized spacial score (nSPS) is 16.0. The van der Waals surface area contributed by atoms with Crippen molar-refractivity contribution in [3.8, 4) is 11.1 Å². The number of fused-ring (bicyclic) bond motifs is 1. The number of hydrogen-bond donors (Lipinski definition) is 5. The molecule has 0 radical (unpaired) electrons. The number of thioether (sulfide) groups is 1. The zero-order valence-electron chi connectivity index (χ0n) is 27.4. The Labute approximate surface area is 295 Å². The molecule has 0 spiro atoms. The van der Waals surface area contributed by atoms with Crippen LogP contribution in [0.4, 0.5) is 0 Å². The number of likely N-dealkylation sites (tertiary alicyclic amines) is 1. The Morgan fingerprint density at radius 2 is 1.48 bits per heavy atom. The smallest absolute Gasteiger partial charge is 0.335 e. The number of hydrogen-bond acceptors (Lipinski definition) is 6. The van der Waals surface area contributed by atoms with E-state index < -0.39 is 54.8 Å². The molecule has 1 fully saturated rings. The number of primary amides is 1. The average molecular weight is 717 g/mol. The monoisotopic (exact) mass is 716 g/mol. The quantitative estimate of drug-likeness (QED) is 0.122. The third kappa shape index (κ3) is 10.3. The topological polar surface area (TPSA) is 179 Å². The van der Waals surface area contributed by atoms with Gasteiger partial charge in [-0.1, -0.05) is 97.1 Å². The van der Waals surface area contributed by atoms with Crippen LogP contribution in [-0.4, -0.2) is 74.2 Å². The highest BCUT2D eigenvalue weighted by molar-refractivity contribution is 8.04. The first-order valence-corrected chi connectivity index (χ1v) is 19.4. The van der Waals surface area contributed by atoms with E-state index in [-0.39, 0.29) is 25.1 Å². The number of amides is 4. The second-order valence-electron chi connectivity index (χ2n) is 12.4. The molecule has 1 saturated heterocycles. The Kier molecular flexibility index (Phi) is 12.5. The van der Waals surface area contributed by atoms with Crippen molar-refractivity contribution in [2.75, 3.05) is 17.8 Å². The van der Waals surface area contributed by atoms with Gasteiger partial charge in [-0.25, -0.2) is 0 Å². The molecule has 1 aliphatic rings. The molecule has 0 aromatic heterocycles. The van der Waals surface area contributed by atoms with E-state index in [9.17, 15) is 33.5 Å². The van der Waals surface area contributed by atoms with E-state index in [1.165, 1.54) is 4.90 Å². The van der Waals surface area contributed by atoms with Gasteiger partial charge in [0.2, 0.25) is 23.6 Å². The molecule has 0 aliphatic carbocycles. The van der Waals surface area contributed by atoms with Crippen LogP contribution < -0.4 is 16.4 Å². The summed E-state index contributed by atoms with van der Waals surface area (Å²) in [5, 5.41) is 7.53. The maximum absolute atomic E-state index is 14.0. The summed E-state index contributed by atoms with van der Waals surface area (Å²) in [6.45, 7) is 0.235. The van der Waals surface area contributed by atoms with E-state index in [1.54, 1.807) is 0 Å². The van der Waals surface area contributed by atoms with Crippen molar-refractivity contribution < 1.29 is 33.5 Å². The molecule has 6 N–H and O–H groups in total. The van der Waals surface area contributed by atoms with Crippen molar-refractivity contribution in [2.45, 2.75) is 50.2 Å². The van der Waals surface area contributed by atoms with Crippen LogP contribution in [0.3, 0.4) is 0 Å². The number of nitrogens with one attached hydrogen (secondary N) is 2. The van der Waals surface area contributed by atoms with Crippen LogP contribution in [0.5, 0.6) is 0 Å². The fourth-order valence-electron chi connectivity index (χ4n) is 6.10. The molecule has 4 aromatic rings. The maximum Gasteiger partial charge on any atom is 0.335 e. The zero-order chi connectivity index (χ0) is 35.7. The van der Waals surface area contributed by atoms with Crippen LogP contribution in [0.25, 0.3) is 21.9 Å². The molecule has 1 aliphatic heterocycles. The van der Waals surface area contributed by atoms with E-state index in [0.717, 1.165) is 44.8 Å². The van der Waals surface area contributed by atoms with Crippen LogP contribution in [0.15, 0.2) is 97.1 Å². The Hall–Kier alpha value is -4.48. The summed E-state index contributed by atoms with van der Waals surface area (Å²) in [5.74, 6) is -2.35. The molecular formula is C37H41N4O7PS. The molecule has 50 heavy (non-hydrogen) atoms. The molecule has 1 heterocycles. The van der Waals surface area contributed by atoms with Crippen LogP contribution in [0.1, 0.15) is 30.4 Å². The van der Waals surface area contributed by atoms with Gasteiger partial charge in [0.15, 0.2) is 0 Å². The minimum absolute atomic E-state index is 0.0268. The van der Waals surface area contributed by atoms with Gasteiger partial charge in [-0.15, -0.1) is 11.8 Å². The molecule has 4 aromatic carbocycles. The molecular weight excluding hydrogens is 675 g/mol. The van der Waals surface area contributed by atoms with Gasteiger partial charge in [-0.3, -0.25) is 23.7 Å². The number of carbonyl (C=O) groups excluding carboxylic acids is 4. The minimum atomic E-state index is -4.38. The third-order valence-corrected chi connectivity index (χ3v) is 11.2. The van der Waals surface area contributed by atoms with Crippen molar-refractivity contribution in [3.05, 3.63) is 108 Å². The summed E-state index contributed by atoms with van der Waals surface area (Å²) in [6.07, 6.45) is 1.76. The Morgan fingerprint density at radius 3 is 2.18 bits per heavy atom. The highest BCUT2D eigenvalue weighted by Gasteiger charge is 2.37.